The minimum absolute atomic E-state index is 0.0972. The zero-order valence-electron chi connectivity index (χ0n) is 16.2. The van der Waals surface area contributed by atoms with Crippen LogP contribution in [0.1, 0.15) is 30.1 Å². The molecule has 0 atom stereocenters. The van der Waals surface area contributed by atoms with Crippen molar-refractivity contribution in [1.82, 2.24) is 9.97 Å². The third-order valence-electron chi connectivity index (χ3n) is 4.29. The van der Waals surface area contributed by atoms with Gasteiger partial charge >= 0.3 is 0 Å². The zero-order valence-corrected chi connectivity index (χ0v) is 17.0. The molecule has 0 bridgehead atoms. The number of nitrogens with zero attached hydrogens (tertiary/aromatic N) is 3. The first-order valence-corrected chi connectivity index (χ1v) is 9.95. The molecule has 0 aliphatic rings. The van der Waals surface area contributed by atoms with Crippen molar-refractivity contribution in [2.24, 2.45) is 0 Å². The summed E-state index contributed by atoms with van der Waals surface area (Å²) in [5.74, 6) is 1.33. The molecule has 1 amide bonds. The highest BCUT2D eigenvalue weighted by atomic mass is 32.1. The van der Waals surface area contributed by atoms with E-state index in [2.05, 4.69) is 11.9 Å². The Morgan fingerprint density at radius 3 is 2.75 bits per heavy atom. The van der Waals surface area contributed by atoms with Crippen molar-refractivity contribution in [2.75, 3.05) is 25.7 Å². The number of rotatable bonds is 8. The average molecular weight is 398 g/mol. The van der Waals surface area contributed by atoms with Crippen molar-refractivity contribution in [3.63, 3.8) is 0 Å². The number of amides is 1. The second-order valence-corrected chi connectivity index (χ2v) is 6.97. The number of pyridine rings is 1. The van der Waals surface area contributed by atoms with Crippen molar-refractivity contribution in [1.29, 1.82) is 0 Å². The molecule has 28 heavy (non-hydrogen) atoms. The van der Waals surface area contributed by atoms with Crippen LogP contribution in [0.4, 0.5) is 5.13 Å². The van der Waals surface area contributed by atoms with Crippen LogP contribution in [0.25, 0.3) is 11.3 Å². The lowest BCUT2D eigenvalue weighted by atomic mass is 10.1. The molecular weight excluding hydrogens is 374 g/mol. The predicted octanol–water partition coefficient (Wildman–Crippen LogP) is 4.67. The van der Waals surface area contributed by atoms with E-state index in [-0.39, 0.29) is 5.91 Å². The van der Waals surface area contributed by atoms with Gasteiger partial charge in [-0.15, -0.1) is 11.3 Å². The minimum atomic E-state index is -0.0972. The number of anilines is 1. The summed E-state index contributed by atoms with van der Waals surface area (Å²) >= 11 is 1.44. The van der Waals surface area contributed by atoms with Gasteiger partial charge in [-0.05, 0) is 36.8 Å². The number of carbonyl (C=O) groups is 1. The van der Waals surface area contributed by atoms with Crippen LogP contribution in [0.2, 0.25) is 0 Å². The molecule has 2 aromatic heterocycles. The fraction of sp³-hybridized carbons (Fsp3) is 0.286. The lowest BCUT2D eigenvalue weighted by Gasteiger charge is -2.19. The number of hydrogen-bond acceptors (Lipinski definition) is 6. The molecule has 0 saturated heterocycles. The SMILES string of the molecule is CCCCN(C(=O)c1cccnc1)c1nc(-c2cc(OC)ccc2OC)cs1. The predicted molar refractivity (Wildman–Crippen MR) is 111 cm³/mol. The largest absolute Gasteiger partial charge is 0.497 e. The van der Waals surface area contributed by atoms with Crippen molar-refractivity contribution in [3.05, 3.63) is 53.7 Å². The van der Waals surface area contributed by atoms with Gasteiger partial charge in [-0.3, -0.25) is 14.7 Å². The van der Waals surface area contributed by atoms with E-state index in [1.54, 1.807) is 43.6 Å². The Bertz CT molecular complexity index is 928. The van der Waals surface area contributed by atoms with Crippen molar-refractivity contribution < 1.29 is 14.3 Å². The Hall–Kier alpha value is -2.93. The Kier molecular flexibility index (Phi) is 6.60. The highest BCUT2D eigenvalue weighted by Gasteiger charge is 2.21. The third kappa shape index (κ3) is 4.31. The summed E-state index contributed by atoms with van der Waals surface area (Å²) in [5.41, 5.74) is 2.12. The first-order valence-electron chi connectivity index (χ1n) is 9.07. The molecule has 0 spiro atoms. The molecular formula is C21H23N3O3S. The summed E-state index contributed by atoms with van der Waals surface area (Å²) in [7, 11) is 3.25. The van der Waals surface area contributed by atoms with Crippen molar-refractivity contribution in [3.8, 4) is 22.8 Å². The van der Waals surface area contributed by atoms with Crippen LogP contribution < -0.4 is 14.4 Å². The van der Waals surface area contributed by atoms with Crippen LogP contribution in [-0.4, -0.2) is 36.6 Å². The average Bonchev–Trinajstić information content (AvgIpc) is 3.23. The summed E-state index contributed by atoms with van der Waals surface area (Å²) in [6.07, 6.45) is 5.12. The first kappa shape index (κ1) is 19.8. The molecule has 0 aliphatic heterocycles. The fourth-order valence-corrected chi connectivity index (χ4v) is 3.62. The standard InChI is InChI=1S/C21H23N3O3S/c1-4-5-11-24(20(25)15-7-6-10-22-13-15)21-23-18(14-28-21)17-12-16(26-2)8-9-19(17)27-3/h6-10,12-14H,4-5,11H2,1-3H3. The van der Waals surface area contributed by atoms with Crippen molar-refractivity contribution >= 4 is 22.4 Å². The van der Waals surface area contributed by atoms with Gasteiger partial charge in [0.15, 0.2) is 5.13 Å². The van der Waals surface area contributed by atoms with E-state index in [4.69, 9.17) is 14.5 Å². The van der Waals surface area contributed by atoms with Gasteiger partial charge in [0.05, 0.1) is 25.5 Å². The first-order chi connectivity index (χ1) is 13.7. The minimum Gasteiger partial charge on any atom is -0.497 e. The summed E-state index contributed by atoms with van der Waals surface area (Å²) in [4.78, 5) is 23.5. The monoisotopic (exact) mass is 397 g/mol. The number of thiazole rings is 1. The second kappa shape index (κ2) is 9.32. The van der Waals surface area contributed by atoms with Crippen molar-refractivity contribution in [2.45, 2.75) is 19.8 Å². The van der Waals surface area contributed by atoms with Crippen LogP contribution in [0.3, 0.4) is 0 Å². The van der Waals surface area contributed by atoms with Crippen LogP contribution in [0.5, 0.6) is 11.5 Å². The molecule has 0 aliphatic carbocycles. The molecule has 2 heterocycles. The number of hydrogen-bond donors (Lipinski definition) is 0. The number of aromatic nitrogens is 2. The lowest BCUT2D eigenvalue weighted by Crippen LogP contribution is -2.31. The fourth-order valence-electron chi connectivity index (χ4n) is 2.77. The van der Waals surface area contributed by atoms with E-state index < -0.39 is 0 Å². The third-order valence-corrected chi connectivity index (χ3v) is 5.16. The maximum absolute atomic E-state index is 13.0. The molecule has 0 saturated carbocycles. The smallest absolute Gasteiger partial charge is 0.261 e. The Balaban J connectivity index is 1.96. The summed E-state index contributed by atoms with van der Waals surface area (Å²) in [5, 5.41) is 2.59. The molecule has 0 radical (unpaired) electrons. The van der Waals surface area contributed by atoms with Gasteiger partial charge in [0.1, 0.15) is 11.5 Å². The Morgan fingerprint density at radius 1 is 1.21 bits per heavy atom. The Labute approximate surface area is 168 Å². The highest BCUT2D eigenvalue weighted by molar-refractivity contribution is 7.14. The van der Waals surface area contributed by atoms with E-state index in [1.807, 2.05) is 23.6 Å². The van der Waals surface area contributed by atoms with Crippen LogP contribution >= 0.6 is 11.3 Å². The second-order valence-electron chi connectivity index (χ2n) is 6.13. The molecule has 3 rings (SSSR count). The number of carbonyl (C=O) groups excluding carboxylic acids is 1. The van der Waals surface area contributed by atoms with Gasteiger partial charge in [-0.2, -0.15) is 0 Å². The summed E-state index contributed by atoms with van der Waals surface area (Å²) in [6, 6.07) is 9.11. The maximum Gasteiger partial charge on any atom is 0.261 e. The Morgan fingerprint density at radius 2 is 2.07 bits per heavy atom. The zero-order chi connectivity index (χ0) is 19.9. The maximum atomic E-state index is 13.0. The van der Waals surface area contributed by atoms with Crippen LogP contribution in [-0.2, 0) is 0 Å². The van der Waals surface area contributed by atoms with Crippen LogP contribution in [0, 0.1) is 0 Å². The van der Waals surface area contributed by atoms with Gasteiger partial charge < -0.3 is 9.47 Å². The van der Waals surface area contributed by atoms with Gasteiger partial charge in [0.2, 0.25) is 0 Å². The van der Waals surface area contributed by atoms with Gasteiger partial charge in [-0.1, -0.05) is 13.3 Å². The summed E-state index contributed by atoms with van der Waals surface area (Å²) < 4.78 is 10.8. The number of unbranched alkanes of at least 4 members (excludes halogenated alkanes) is 1. The van der Waals surface area contributed by atoms with Gasteiger partial charge in [-0.25, -0.2) is 4.98 Å². The van der Waals surface area contributed by atoms with Gasteiger partial charge in [0, 0.05) is 29.9 Å². The van der Waals surface area contributed by atoms with Gasteiger partial charge in [0.25, 0.3) is 5.91 Å². The number of methoxy groups -OCH3 is 2. The molecule has 7 heteroatoms. The van der Waals surface area contributed by atoms with E-state index in [0.717, 1.165) is 29.8 Å². The quantitative estimate of drug-likeness (QED) is 0.553. The topological polar surface area (TPSA) is 64.6 Å². The molecule has 0 N–H and O–H groups in total. The molecule has 1 aromatic carbocycles. The molecule has 0 unspecified atom stereocenters. The number of ether oxygens (including phenoxy) is 2. The summed E-state index contributed by atoms with van der Waals surface area (Å²) in [6.45, 7) is 2.70. The number of benzene rings is 1. The highest BCUT2D eigenvalue weighted by Crippen LogP contribution is 2.36. The molecule has 6 nitrogen and oxygen atoms in total. The van der Waals surface area contributed by atoms with E-state index in [0.29, 0.717) is 23.0 Å². The normalized spacial score (nSPS) is 10.5. The van der Waals surface area contributed by atoms with E-state index in [9.17, 15) is 4.79 Å². The van der Waals surface area contributed by atoms with Crippen LogP contribution in [0.15, 0.2) is 48.1 Å². The van der Waals surface area contributed by atoms with E-state index >= 15 is 0 Å². The van der Waals surface area contributed by atoms with E-state index in [1.165, 1.54) is 11.3 Å². The lowest BCUT2D eigenvalue weighted by molar-refractivity contribution is 0.0986. The molecule has 146 valence electrons. The molecule has 0 fully saturated rings. The molecule has 3 aromatic rings.